The predicted molar refractivity (Wildman–Crippen MR) is 112 cm³/mol. The highest BCUT2D eigenvalue weighted by Crippen LogP contribution is 2.23. The highest BCUT2D eigenvalue weighted by Gasteiger charge is 2.13. The molecule has 0 bridgehead atoms. The molecule has 0 saturated carbocycles. The summed E-state index contributed by atoms with van der Waals surface area (Å²) in [5, 5.41) is 15.3. The molecule has 0 heterocycles. The van der Waals surface area contributed by atoms with Gasteiger partial charge in [0.15, 0.2) is 0 Å². The summed E-state index contributed by atoms with van der Waals surface area (Å²) in [7, 11) is 1.64. The summed E-state index contributed by atoms with van der Waals surface area (Å²) in [6, 6.07) is 15.8. The van der Waals surface area contributed by atoms with Gasteiger partial charge in [-0.3, -0.25) is 4.79 Å². The number of hydrogen-bond acceptors (Lipinski definition) is 4. The minimum absolute atomic E-state index is 0.0580. The maximum absolute atomic E-state index is 12.6. The minimum Gasteiger partial charge on any atom is -0.497 e. The van der Waals surface area contributed by atoms with Crippen LogP contribution in [0.3, 0.4) is 0 Å². The van der Waals surface area contributed by atoms with Crippen molar-refractivity contribution in [3.8, 4) is 11.8 Å². The molecule has 0 atom stereocenters. The van der Waals surface area contributed by atoms with E-state index in [4.69, 9.17) is 4.74 Å². The molecule has 146 valence electrons. The number of nitriles is 1. The lowest BCUT2D eigenvalue weighted by atomic mass is 10.0. The van der Waals surface area contributed by atoms with Crippen molar-refractivity contribution < 1.29 is 9.53 Å². The summed E-state index contributed by atoms with van der Waals surface area (Å²) in [5.74, 6) is 0.425. The van der Waals surface area contributed by atoms with E-state index < -0.39 is 5.91 Å². The first-order valence-corrected chi connectivity index (χ1v) is 9.51. The van der Waals surface area contributed by atoms with Crippen LogP contribution in [-0.2, 0) is 24.1 Å². The standard InChI is InChI=1S/C23H27N3O2/c1-4-18-7-6-8-19(5-2)22(18)26-23(27)20(15-24)16-25-14-13-17-9-11-21(28-3)12-10-17/h6-12,16,25H,4-5,13-14H2,1-3H3,(H,26,27)/b20-16-. The molecule has 0 aliphatic carbocycles. The molecule has 2 rings (SSSR count). The number of hydrogen-bond donors (Lipinski definition) is 2. The Bertz CT molecular complexity index is 842. The van der Waals surface area contributed by atoms with E-state index in [1.165, 1.54) is 6.20 Å². The van der Waals surface area contributed by atoms with Crippen LogP contribution in [0, 0.1) is 11.3 Å². The summed E-state index contributed by atoms with van der Waals surface area (Å²) >= 11 is 0. The second-order valence-electron chi connectivity index (χ2n) is 6.33. The van der Waals surface area contributed by atoms with E-state index in [0.29, 0.717) is 6.54 Å². The summed E-state index contributed by atoms with van der Waals surface area (Å²) in [5.41, 5.74) is 4.16. The number of ether oxygens (including phenoxy) is 1. The predicted octanol–water partition coefficient (Wildman–Crippen LogP) is 4.00. The molecule has 5 nitrogen and oxygen atoms in total. The molecule has 0 aromatic heterocycles. The van der Waals surface area contributed by atoms with Crippen LogP contribution in [0.5, 0.6) is 5.75 Å². The van der Waals surface area contributed by atoms with Gasteiger partial charge in [0.25, 0.3) is 5.91 Å². The molecule has 28 heavy (non-hydrogen) atoms. The van der Waals surface area contributed by atoms with Crippen LogP contribution in [0.2, 0.25) is 0 Å². The van der Waals surface area contributed by atoms with Gasteiger partial charge in [0, 0.05) is 18.4 Å². The lowest BCUT2D eigenvalue weighted by Crippen LogP contribution is -2.19. The van der Waals surface area contributed by atoms with Crippen LogP contribution in [0.15, 0.2) is 54.2 Å². The molecule has 0 unspecified atom stereocenters. The molecule has 0 aliphatic rings. The number of carbonyl (C=O) groups excluding carboxylic acids is 1. The Balaban J connectivity index is 1.98. The van der Waals surface area contributed by atoms with Gasteiger partial charge < -0.3 is 15.4 Å². The van der Waals surface area contributed by atoms with Crippen molar-refractivity contribution in [2.75, 3.05) is 19.0 Å². The topological polar surface area (TPSA) is 74.2 Å². The Kier molecular flexibility index (Phi) is 8.11. The fraction of sp³-hybridized carbons (Fsp3) is 0.304. The lowest BCUT2D eigenvalue weighted by Gasteiger charge is -2.14. The van der Waals surface area contributed by atoms with Gasteiger partial charge in [0.1, 0.15) is 17.4 Å². The zero-order chi connectivity index (χ0) is 20.4. The quantitative estimate of drug-likeness (QED) is 0.394. The van der Waals surface area contributed by atoms with Gasteiger partial charge in [-0.2, -0.15) is 5.26 Å². The van der Waals surface area contributed by atoms with Gasteiger partial charge in [-0.1, -0.05) is 44.2 Å². The van der Waals surface area contributed by atoms with E-state index in [2.05, 4.69) is 10.6 Å². The Morgan fingerprint density at radius 1 is 1.11 bits per heavy atom. The Morgan fingerprint density at radius 3 is 2.29 bits per heavy atom. The normalized spacial score (nSPS) is 10.9. The number of nitrogens with one attached hydrogen (secondary N) is 2. The zero-order valence-corrected chi connectivity index (χ0v) is 16.7. The maximum atomic E-state index is 12.6. The van der Waals surface area contributed by atoms with Gasteiger partial charge in [0.05, 0.1) is 7.11 Å². The van der Waals surface area contributed by atoms with Crippen LogP contribution in [0.25, 0.3) is 0 Å². The molecule has 0 saturated heterocycles. The number of anilines is 1. The van der Waals surface area contributed by atoms with Crippen molar-refractivity contribution in [2.45, 2.75) is 33.1 Å². The Morgan fingerprint density at radius 2 is 1.75 bits per heavy atom. The van der Waals surface area contributed by atoms with E-state index in [1.807, 2.05) is 62.4 Å². The van der Waals surface area contributed by atoms with Crippen molar-refractivity contribution in [1.82, 2.24) is 5.32 Å². The first kappa shape index (κ1) is 21.0. The molecular formula is C23H27N3O2. The van der Waals surface area contributed by atoms with E-state index >= 15 is 0 Å². The SMILES string of the molecule is CCc1cccc(CC)c1NC(=O)/C(C#N)=C\NCCc1ccc(OC)cc1. The number of benzene rings is 2. The average Bonchev–Trinajstić information content (AvgIpc) is 2.74. The molecule has 0 spiro atoms. The Labute approximate surface area is 167 Å². The van der Waals surface area contributed by atoms with Crippen molar-refractivity contribution in [2.24, 2.45) is 0 Å². The third-order valence-electron chi connectivity index (χ3n) is 4.57. The number of aryl methyl sites for hydroxylation is 2. The second kappa shape index (κ2) is 10.8. The van der Waals surface area contributed by atoms with Crippen LogP contribution in [-0.4, -0.2) is 19.6 Å². The average molecular weight is 377 g/mol. The number of para-hydroxylation sites is 1. The minimum atomic E-state index is -0.393. The summed E-state index contributed by atoms with van der Waals surface area (Å²) in [6.07, 6.45) is 3.89. The summed E-state index contributed by atoms with van der Waals surface area (Å²) in [6.45, 7) is 4.72. The molecule has 0 fully saturated rings. The van der Waals surface area contributed by atoms with Crippen LogP contribution in [0.1, 0.15) is 30.5 Å². The molecular weight excluding hydrogens is 350 g/mol. The van der Waals surface area contributed by atoms with E-state index in [9.17, 15) is 10.1 Å². The number of nitrogens with zero attached hydrogens (tertiary/aromatic N) is 1. The number of amides is 1. The third kappa shape index (κ3) is 5.62. The van der Waals surface area contributed by atoms with Gasteiger partial charge in [0.2, 0.25) is 0 Å². The lowest BCUT2D eigenvalue weighted by molar-refractivity contribution is -0.112. The highest BCUT2D eigenvalue weighted by molar-refractivity contribution is 6.07. The van der Waals surface area contributed by atoms with Crippen molar-refractivity contribution >= 4 is 11.6 Å². The molecule has 1 amide bonds. The van der Waals surface area contributed by atoms with Gasteiger partial charge in [-0.05, 0) is 48.1 Å². The van der Waals surface area contributed by atoms with E-state index in [1.54, 1.807) is 7.11 Å². The molecule has 2 N–H and O–H groups in total. The fourth-order valence-electron chi connectivity index (χ4n) is 2.92. The highest BCUT2D eigenvalue weighted by atomic mass is 16.5. The molecule has 2 aromatic rings. The first-order valence-electron chi connectivity index (χ1n) is 9.51. The van der Waals surface area contributed by atoms with Crippen LogP contribution in [0.4, 0.5) is 5.69 Å². The summed E-state index contributed by atoms with van der Waals surface area (Å²) in [4.78, 5) is 12.6. The van der Waals surface area contributed by atoms with Crippen molar-refractivity contribution in [1.29, 1.82) is 5.26 Å². The zero-order valence-electron chi connectivity index (χ0n) is 16.7. The van der Waals surface area contributed by atoms with Crippen molar-refractivity contribution in [3.63, 3.8) is 0 Å². The maximum Gasteiger partial charge on any atom is 0.267 e. The smallest absolute Gasteiger partial charge is 0.267 e. The fourth-order valence-corrected chi connectivity index (χ4v) is 2.92. The van der Waals surface area contributed by atoms with E-state index in [0.717, 1.165) is 47.4 Å². The summed E-state index contributed by atoms with van der Waals surface area (Å²) < 4.78 is 5.14. The van der Waals surface area contributed by atoms with Crippen molar-refractivity contribution in [3.05, 3.63) is 70.9 Å². The number of rotatable bonds is 9. The number of methoxy groups -OCH3 is 1. The molecule has 5 heteroatoms. The van der Waals surface area contributed by atoms with Crippen LogP contribution < -0.4 is 15.4 Å². The largest absolute Gasteiger partial charge is 0.497 e. The van der Waals surface area contributed by atoms with Crippen LogP contribution >= 0.6 is 0 Å². The van der Waals surface area contributed by atoms with E-state index in [-0.39, 0.29) is 5.57 Å². The number of carbonyl (C=O) groups is 1. The monoisotopic (exact) mass is 377 g/mol. The van der Waals surface area contributed by atoms with Gasteiger partial charge >= 0.3 is 0 Å². The van der Waals surface area contributed by atoms with Gasteiger partial charge in [-0.15, -0.1) is 0 Å². The molecule has 0 aliphatic heterocycles. The third-order valence-corrected chi connectivity index (χ3v) is 4.57. The molecule has 2 aromatic carbocycles. The Hall–Kier alpha value is -3.26. The molecule has 0 radical (unpaired) electrons. The van der Waals surface area contributed by atoms with Gasteiger partial charge in [-0.25, -0.2) is 0 Å². The second-order valence-corrected chi connectivity index (χ2v) is 6.33. The first-order chi connectivity index (χ1) is 13.6.